The zero-order valence-corrected chi connectivity index (χ0v) is 21.3. The number of rotatable bonds is 8. The number of halogens is 1. The molecule has 0 unspecified atom stereocenters. The van der Waals surface area contributed by atoms with Gasteiger partial charge in [-0.1, -0.05) is 33.5 Å². The molecule has 0 bridgehead atoms. The molecule has 2 aromatic rings. The van der Waals surface area contributed by atoms with Gasteiger partial charge in [-0.15, -0.1) is 3.89 Å². The Balaban J connectivity index is 1.86. The lowest BCUT2D eigenvalue weighted by Crippen LogP contribution is -2.50. The third kappa shape index (κ3) is 5.87. The molecule has 0 saturated carbocycles. The van der Waals surface area contributed by atoms with E-state index < -0.39 is 23.2 Å². The van der Waals surface area contributed by atoms with Crippen molar-refractivity contribution in [1.82, 2.24) is 14.7 Å². The maximum Gasteiger partial charge on any atom is 0.332 e. The highest BCUT2D eigenvalue weighted by molar-refractivity contribution is 7.86. The highest BCUT2D eigenvalue weighted by Gasteiger charge is 2.26. The summed E-state index contributed by atoms with van der Waals surface area (Å²) in [5.41, 5.74) is 1.11. The number of hydrogen-bond acceptors (Lipinski definition) is 6. The largest absolute Gasteiger partial charge is 0.367 e. The molecule has 1 fully saturated rings. The van der Waals surface area contributed by atoms with Crippen molar-refractivity contribution in [2.45, 2.75) is 51.2 Å². The Hall–Kier alpha value is -1.98. The Morgan fingerprint density at radius 2 is 1.84 bits per heavy atom. The minimum absolute atomic E-state index is 0.0764. The predicted molar refractivity (Wildman–Crippen MR) is 126 cm³/mol. The maximum absolute atomic E-state index is 14.0. The summed E-state index contributed by atoms with van der Waals surface area (Å²) in [6.45, 7) is 13.4. The average molecular weight is 485 g/mol. The molecular formula is C21H33FN4O4SSi. The normalized spacial score (nSPS) is 15.7. The van der Waals surface area contributed by atoms with Gasteiger partial charge in [-0.25, -0.2) is 4.68 Å². The van der Waals surface area contributed by atoms with Gasteiger partial charge in [-0.05, 0) is 18.2 Å². The van der Waals surface area contributed by atoms with Gasteiger partial charge in [0.25, 0.3) is 0 Å². The number of ether oxygens (including phenoxy) is 1. The van der Waals surface area contributed by atoms with Gasteiger partial charge < -0.3 is 14.5 Å². The van der Waals surface area contributed by atoms with Crippen LogP contribution in [0.2, 0.25) is 25.7 Å². The third-order valence-electron chi connectivity index (χ3n) is 5.63. The number of aromatic nitrogens is 2. The monoisotopic (exact) mass is 484 g/mol. The highest BCUT2D eigenvalue weighted by Crippen LogP contribution is 2.32. The lowest BCUT2D eigenvalue weighted by molar-refractivity contribution is -0.134. The zero-order valence-electron chi connectivity index (χ0n) is 19.5. The summed E-state index contributed by atoms with van der Waals surface area (Å²) < 4.78 is 44.8. The summed E-state index contributed by atoms with van der Waals surface area (Å²) in [7, 11) is -6.14. The SMILES string of the molecule is CC(C)C(=O)N1CCN(c2cc(S(=O)(=O)F)cc3c2cnn3COCC[Si](C)(C)C)CC1. The van der Waals surface area contributed by atoms with Gasteiger partial charge >= 0.3 is 10.2 Å². The Labute approximate surface area is 190 Å². The fourth-order valence-electron chi connectivity index (χ4n) is 3.70. The second-order valence-electron chi connectivity index (χ2n) is 9.77. The van der Waals surface area contributed by atoms with Crippen molar-refractivity contribution in [3.05, 3.63) is 18.3 Å². The molecule has 1 amide bonds. The number of benzene rings is 1. The number of nitrogens with zero attached hydrogens (tertiary/aromatic N) is 4. The van der Waals surface area contributed by atoms with E-state index in [0.717, 1.165) is 11.4 Å². The van der Waals surface area contributed by atoms with Gasteiger partial charge in [-0.2, -0.15) is 13.5 Å². The Kier molecular flexibility index (Phi) is 7.30. The molecule has 2 heterocycles. The van der Waals surface area contributed by atoms with Crippen molar-refractivity contribution in [3.8, 4) is 0 Å². The molecule has 0 spiro atoms. The molecule has 0 aliphatic carbocycles. The number of amides is 1. The lowest BCUT2D eigenvalue weighted by atomic mass is 10.1. The zero-order chi connectivity index (χ0) is 23.7. The molecule has 178 valence electrons. The van der Waals surface area contributed by atoms with Gasteiger partial charge in [0.05, 0.1) is 11.7 Å². The van der Waals surface area contributed by atoms with Crippen LogP contribution in [0.25, 0.3) is 10.9 Å². The number of hydrogen-bond donors (Lipinski definition) is 0. The first-order valence-electron chi connectivity index (χ1n) is 10.9. The summed E-state index contributed by atoms with van der Waals surface area (Å²) >= 11 is 0. The molecule has 11 heteroatoms. The standard InChI is InChI=1S/C21H33FN4O4SSi/c1-16(2)21(27)25-8-6-24(7-9-25)19-12-17(31(22,28)29)13-20-18(19)14-23-26(20)15-30-10-11-32(3,4)5/h12-14,16H,6-11,15H2,1-5H3. The van der Waals surface area contributed by atoms with E-state index in [4.69, 9.17) is 4.74 Å². The maximum atomic E-state index is 14.0. The molecular weight excluding hydrogens is 451 g/mol. The highest BCUT2D eigenvalue weighted by atomic mass is 32.3. The number of carbonyl (C=O) groups excluding carboxylic acids is 1. The van der Waals surface area contributed by atoms with E-state index in [0.29, 0.717) is 44.0 Å². The van der Waals surface area contributed by atoms with Crippen molar-refractivity contribution in [2.24, 2.45) is 5.92 Å². The van der Waals surface area contributed by atoms with E-state index in [2.05, 4.69) is 24.7 Å². The van der Waals surface area contributed by atoms with Crippen molar-refractivity contribution in [2.75, 3.05) is 37.7 Å². The summed E-state index contributed by atoms with van der Waals surface area (Å²) in [5, 5.41) is 5.10. The molecule has 1 aliphatic heterocycles. The van der Waals surface area contributed by atoms with Gasteiger partial charge in [0.1, 0.15) is 11.6 Å². The first kappa shape index (κ1) is 24.7. The smallest absolute Gasteiger partial charge is 0.332 e. The fourth-order valence-corrected chi connectivity index (χ4v) is 4.96. The van der Waals surface area contributed by atoms with Crippen molar-refractivity contribution in [3.63, 3.8) is 0 Å². The van der Waals surface area contributed by atoms with E-state index in [1.165, 1.54) is 12.1 Å². The number of carbonyl (C=O) groups is 1. The first-order chi connectivity index (χ1) is 14.9. The van der Waals surface area contributed by atoms with Crippen LogP contribution in [0.3, 0.4) is 0 Å². The fraction of sp³-hybridized carbons (Fsp3) is 0.619. The van der Waals surface area contributed by atoms with Crippen LogP contribution in [0.4, 0.5) is 9.57 Å². The average Bonchev–Trinajstić information content (AvgIpc) is 3.12. The molecule has 1 aliphatic rings. The number of fused-ring (bicyclic) bond motifs is 1. The van der Waals surface area contributed by atoms with Gasteiger partial charge in [0.2, 0.25) is 5.91 Å². The summed E-state index contributed by atoms with van der Waals surface area (Å²) in [4.78, 5) is 15.7. The van der Waals surface area contributed by atoms with E-state index in [1.807, 2.05) is 23.6 Å². The van der Waals surface area contributed by atoms with Gasteiger partial charge in [-0.3, -0.25) is 4.79 Å². The molecule has 3 rings (SSSR count). The second-order valence-corrected chi connectivity index (χ2v) is 16.7. The van der Waals surface area contributed by atoms with Crippen molar-refractivity contribution < 1.29 is 21.8 Å². The molecule has 32 heavy (non-hydrogen) atoms. The summed E-state index contributed by atoms with van der Waals surface area (Å²) in [5.74, 6) is 0.0191. The van der Waals surface area contributed by atoms with Crippen LogP contribution in [0.1, 0.15) is 13.8 Å². The van der Waals surface area contributed by atoms with Crippen LogP contribution in [0, 0.1) is 5.92 Å². The molecule has 0 radical (unpaired) electrons. The molecule has 1 aromatic carbocycles. The Bertz CT molecular complexity index is 1070. The minimum Gasteiger partial charge on any atom is -0.367 e. The van der Waals surface area contributed by atoms with Crippen LogP contribution >= 0.6 is 0 Å². The van der Waals surface area contributed by atoms with Crippen molar-refractivity contribution in [1.29, 1.82) is 0 Å². The van der Waals surface area contributed by atoms with Crippen molar-refractivity contribution >= 4 is 40.8 Å². The molecule has 1 aromatic heterocycles. The van der Waals surface area contributed by atoms with Crippen LogP contribution in [0.5, 0.6) is 0 Å². The van der Waals surface area contributed by atoms with E-state index in [1.54, 1.807) is 10.9 Å². The molecule has 1 saturated heterocycles. The Morgan fingerprint density at radius 1 is 1.19 bits per heavy atom. The molecule has 0 N–H and O–H groups in total. The predicted octanol–water partition coefficient (Wildman–Crippen LogP) is 3.31. The first-order valence-corrected chi connectivity index (χ1v) is 16.0. The third-order valence-corrected chi connectivity index (χ3v) is 8.13. The van der Waals surface area contributed by atoms with Gasteiger partial charge in [0.15, 0.2) is 0 Å². The molecule has 0 atom stereocenters. The van der Waals surface area contributed by atoms with Crippen LogP contribution in [-0.2, 0) is 26.5 Å². The molecule has 8 nitrogen and oxygen atoms in total. The van der Waals surface area contributed by atoms with E-state index in [-0.39, 0.29) is 18.6 Å². The number of piperazine rings is 1. The van der Waals surface area contributed by atoms with E-state index in [9.17, 15) is 17.1 Å². The second kappa shape index (κ2) is 9.48. The Morgan fingerprint density at radius 3 is 2.41 bits per heavy atom. The van der Waals surface area contributed by atoms with E-state index >= 15 is 0 Å². The minimum atomic E-state index is -4.90. The lowest BCUT2D eigenvalue weighted by Gasteiger charge is -2.37. The number of anilines is 1. The van der Waals surface area contributed by atoms with Crippen LogP contribution < -0.4 is 4.90 Å². The van der Waals surface area contributed by atoms with Crippen LogP contribution in [-0.4, -0.2) is 69.9 Å². The summed E-state index contributed by atoms with van der Waals surface area (Å²) in [6.07, 6.45) is 1.66. The van der Waals surface area contributed by atoms with Crippen LogP contribution in [0.15, 0.2) is 23.2 Å². The summed E-state index contributed by atoms with van der Waals surface area (Å²) in [6, 6.07) is 3.66. The van der Waals surface area contributed by atoms with Gasteiger partial charge in [0, 0.05) is 57.9 Å². The quantitative estimate of drug-likeness (QED) is 0.325. The topological polar surface area (TPSA) is 84.7 Å².